The van der Waals surface area contributed by atoms with Gasteiger partial charge in [-0.2, -0.15) is 0 Å². The van der Waals surface area contributed by atoms with Crippen molar-refractivity contribution in [3.63, 3.8) is 0 Å². The fraction of sp³-hybridized carbons (Fsp3) is 0.867. The van der Waals surface area contributed by atoms with Gasteiger partial charge in [0.2, 0.25) is 0 Å². The Bertz CT molecular complexity index is 184. The van der Waals surface area contributed by atoms with E-state index in [0.717, 1.165) is 12.3 Å². The molecule has 1 N–H and O–H groups in total. The molecule has 0 saturated heterocycles. The zero-order valence-electron chi connectivity index (χ0n) is 12.0. The lowest BCUT2D eigenvalue weighted by Crippen LogP contribution is -2.45. The highest BCUT2D eigenvalue weighted by atomic mass is 14.9. The van der Waals surface area contributed by atoms with Gasteiger partial charge in [-0.1, -0.05) is 53.0 Å². The van der Waals surface area contributed by atoms with Gasteiger partial charge in [0.05, 0.1) is 0 Å². The van der Waals surface area contributed by atoms with E-state index in [-0.39, 0.29) is 0 Å². The molecule has 0 aliphatic rings. The van der Waals surface area contributed by atoms with E-state index in [2.05, 4.69) is 52.7 Å². The molecule has 96 valence electrons. The first kappa shape index (κ1) is 15.7. The van der Waals surface area contributed by atoms with Gasteiger partial charge in [0, 0.05) is 6.04 Å². The van der Waals surface area contributed by atoms with Crippen LogP contribution in [0, 0.1) is 11.3 Å². The molecule has 0 aliphatic heterocycles. The lowest BCUT2D eigenvalue weighted by atomic mass is 9.73. The fourth-order valence-electron chi connectivity index (χ4n) is 2.84. The molecule has 1 nitrogen and oxygen atoms in total. The highest BCUT2D eigenvalue weighted by Crippen LogP contribution is 2.33. The summed E-state index contributed by atoms with van der Waals surface area (Å²) in [5, 5.41) is 3.54. The second-order valence-corrected chi connectivity index (χ2v) is 5.56. The summed E-state index contributed by atoms with van der Waals surface area (Å²) < 4.78 is 0. The maximum atomic E-state index is 3.88. The van der Waals surface area contributed by atoms with Crippen molar-refractivity contribution in [2.75, 3.05) is 7.05 Å². The molecule has 2 unspecified atom stereocenters. The van der Waals surface area contributed by atoms with Crippen LogP contribution in [-0.4, -0.2) is 13.1 Å². The lowest BCUT2D eigenvalue weighted by Gasteiger charge is -2.39. The van der Waals surface area contributed by atoms with E-state index >= 15 is 0 Å². The molecule has 0 rings (SSSR count). The summed E-state index contributed by atoms with van der Waals surface area (Å²) in [5.74, 6) is 0.792. The van der Waals surface area contributed by atoms with Crippen molar-refractivity contribution in [2.45, 2.75) is 65.8 Å². The minimum Gasteiger partial charge on any atom is -0.316 e. The minimum atomic E-state index is 0.310. The van der Waals surface area contributed by atoms with Crippen LogP contribution < -0.4 is 5.32 Å². The maximum absolute atomic E-state index is 3.88. The Morgan fingerprint density at radius 1 is 1.31 bits per heavy atom. The number of unbranched alkanes of at least 4 members (excludes halogenated alkanes) is 1. The molecule has 0 bridgehead atoms. The minimum absolute atomic E-state index is 0.310. The summed E-state index contributed by atoms with van der Waals surface area (Å²) in [6, 6.07) is 0.599. The summed E-state index contributed by atoms with van der Waals surface area (Å²) in [4.78, 5) is 0. The zero-order chi connectivity index (χ0) is 12.6. The number of rotatable bonds is 9. The quantitative estimate of drug-likeness (QED) is 0.574. The zero-order valence-corrected chi connectivity index (χ0v) is 12.0. The predicted octanol–water partition coefficient (Wildman–Crippen LogP) is 4.39. The molecule has 0 saturated carbocycles. The van der Waals surface area contributed by atoms with Crippen molar-refractivity contribution in [3.8, 4) is 0 Å². The standard InChI is InChI=1S/C15H31N/c1-7-10-11-13(9-3)14(16-6)15(4,5)12-8-2/h8,13-14,16H,2,7,9-12H2,1,3-6H3. The molecule has 0 aromatic carbocycles. The Morgan fingerprint density at radius 3 is 2.31 bits per heavy atom. The van der Waals surface area contributed by atoms with E-state index in [1.807, 2.05) is 0 Å². The van der Waals surface area contributed by atoms with Crippen LogP contribution in [0.15, 0.2) is 12.7 Å². The van der Waals surface area contributed by atoms with Gasteiger partial charge in [-0.05, 0) is 31.2 Å². The second kappa shape index (κ2) is 7.89. The molecule has 0 amide bonds. The van der Waals surface area contributed by atoms with Gasteiger partial charge in [0.1, 0.15) is 0 Å². The van der Waals surface area contributed by atoms with Gasteiger partial charge in [-0.3, -0.25) is 0 Å². The Hall–Kier alpha value is -0.300. The van der Waals surface area contributed by atoms with E-state index < -0.39 is 0 Å². The van der Waals surface area contributed by atoms with Gasteiger partial charge >= 0.3 is 0 Å². The number of hydrogen-bond donors (Lipinski definition) is 1. The molecule has 2 atom stereocenters. The van der Waals surface area contributed by atoms with Crippen molar-refractivity contribution in [3.05, 3.63) is 12.7 Å². The Kier molecular flexibility index (Phi) is 7.74. The van der Waals surface area contributed by atoms with Crippen molar-refractivity contribution in [1.29, 1.82) is 0 Å². The average Bonchev–Trinajstić information content (AvgIpc) is 2.23. The summed E-state index contributed by atoms with van der Waals surface area (Å²) >= 11 is 0. The molecular formula is C15H31N. The molecule has 0 aliphatic carbocycles. The van der Waals surface area contributed by atoms with Crippen LogP contribution in [0.1, 0.15) is 59.8 Å². The van der Waals surface area contributed by atoms with Crippen LogP contribution in [0.5, 0.6) is 0 Å². The molecule has 16 heavy (non-hydrogen) atoms. The van der Waals surface area contributed by atoms with Gasteiger partial charge in [-0.15, -0.1) is 6.58 Å². The highest BCUT2D eigenvalue weighted by molar-refractivity contribution is 4.92. The summed E-state index contributed by atoms with van der Waals surface area (Å²) in [6.07, 6.45) is 8.40. The molecule has 1 heteroatoms. The smallest absolute Gasteiger partial charge is 0.0146 e. The summed E-state index contributed by atoms with van der Waals surface area (Å²) in [5.41, 5.74) is 0.310. The number of allylic oxidation sites excluding steroid dienone is 1. The van der Waals surface area contributed by atoms with Crippen LogP contribution in [0.25, 0.3) is 0 Å². The highest BCUT2D eigenvalue weighted by Gasteiger charge is 2.32. The van der Waals surface area contributed by atoms with E-state index in [4.69, 9.17) is 0 Å². The second-order valence-electron chi connectivity index (χ2n) is 5.56. The summed E-state index contributed by atoms with van der Waals surface area (Å²) in [7, 11) is 2.10. The first-order valence-electron chi connectivity index (χ1n) is 6.81. The third-order valence-electron chi connectivity index (χ3n) is 3.75. The van der Waals surface area contributed by atoms with Crippen molar-refractivity contribution >= 4 is 0 Å². The normalized spacial score (nSPS) is 15.8. The van der Waals surface area contributed by atoms with Crippen LogP contribution >= 0.6 is 0 Å². The molecular weight excluding hydrogens is 194 g/mol. The molecule has 0 aromatic rings. The third kappa shape index (κ3) is 4.69. The average molecular weight is 225 g/mol. The van der Waals surface area contributed by atoms with Crippen LogP contribution in [0.3, 0.4) is 0 Å². The largest absolute Gasteiger partial charge is 0.316 e. The van der Waals surface area contributed by atoms with Crippen LogP contribution in [0.4, 0.5) is 0 Å². The van der Waals surface area contributed by atoms with E-state index in [1.165, 1.54) is 25.7 Å². The van der Waals surface area contributed by atoms with Gasteiger partial charge in [0.15, 0.2) is 0 Å². The summed E-state index contributed by atoms with van der Waals surface area (Å²) in [6.45, 7) is 13.2. The third-order valence-corrected chi connectivity index (χ3v) is 3.75. The maximum Gasteiger partial charge on any atom is 0.0146 e. The van der Waals surface area contributed by atoms with Crippen LogP contribution in [-0.2, 0) is 0 Å². The van der Waals surface area contributed by atoms with E-state index in [0.29, 0.717) is 11.5 Å². The van der Waals surface area contributed by atoms with Crippen molar-refractivity contribution in [1.82, 2.24) is 5.32 Å². The monoisotopic (exact) mass is 225 g/mol. The Morgan fingerprint density at radius 2 is 1.94 bits per heavy atom. The Balaban J connectivity index is 4.57. The lowest BCUT2D eigenvalue weighted by molar-refractivity contribution is 0.170. The van der Waals surface area contributed by atoms with Crippen molar-refractivity contribution in [2.24, 2.45) is 11.3 Å². The van der Waals surface area contributed by atoms with Crippen molar-refractivity contribution < 1.29 is 0 Å². The first-order valence-corrected chi connectivity index (χ1v) is 6.81. The first-order chi connectivity index (χ1) is 7.53. The van der Waals surface area contributed by atoms with Gasteiger partial charge < -0.3 is 5.32 Å². The molecule has 0 spiro atoms. The van der Waals surface area contributed by atoms with E-state index in [1.54, 1.807) is 0 Å². The number of nitrogens with one attached hydrogen (secondary N) is 1. The fourth-order valence-corrected chi connectivity index (χ4v) is 2.84. The van der Waals surface area contributed by atoms with Gasteiger partial charge in [-0.25, -0.2) is 0 Å². The molecule has 0 aromatic heterocycles. The topological polar surface area (TPSA) is 12.0 Å². The molecule has 0 heterocycles. The molecule has 0 fully saturated rings. The Labute approximate surface area is 103 Å². The predicted molar refractivity (Wildman–Crippen MR) is 74.7 cm³/mol. The number of hydrogen-bond acceptors (Lipinski definition) is 1. The van der Waals surface area contributed by atoms with Gasteiger partial charge in [0.25, 0.3) is 0 Å². The SMILES string of the molecule is C=CCC(C)(C)C(NC)C(CC)CCCC. The van der Waals surface area contributed by atoms with E-state index in [9.17, 15) is 0 Å². The molecule has 0 radical (unpaired) electrons. The van der Waals surface area contributed by atoms with Crippen LogP contribution in [0.2, 0.25) is 0 Å².